The summed E-state index contributed by atoms with van der Waals surface area (Å²) < 4.78 is 53.9. The van der Waals surface area contributed by atoms with Crippen LogP contribution < -0.4 is 5.43 Å². The lowest BCUT2D eigenvalue weighted by atomic mass is 10.1. The molecule has 0 N–H and O–H groups in total. The van der Waals surface area contributed by atoms with Crippen LogP contribution in [-0.2, 0) is 6.18 Å². The maximum Gasteiger partial charge on any atom is 0.416 e. The number of nitrogens with zero attached hydrogens (tertiary/aromatic N) is 5. The molecule has 0 saturated carbocycles. The Kier molecular flexibility index (Phi) is 6.90. The molecule has 3 aromatic rings. The first-order chi connectivity index (χ1) is 17.1. The molecule has 4 rings (SSSR count). The van der Waals surface area contributed by atoms with Gasteiger partial charge < -0.3 is 4.90 Å². The highest BCUT2D eigenvalue weighted by molar-refractivity contribution is 5.92. The summed E-state index contributed by atoms with van der Waals surface area (Å²) in [5, 5.41) is 13.7. The van der Waals surface area contributed by atoms with Crippen molar-refractivity contribution in [2.75, 3.05) is 26.2 Å². The van der Waals surface area contributed by atoms with Crippen molar-refractivity contribution in [1.82, 2.24) is 19.6 Å². The Bertz CT molecular complexity index is 1370. The number of hydrogen-bond donors (Lipinski definition) is 0. The van der Waals surface area contributed by atoms with Gasteiger partial charge in [-0.3, -0.25) is 14.5 Å². The number of amides is 1. The molecule has 0 spiro atoms. The maximum absolute atomic E-state index is 13.2. The molecule has 11 heteroatoms. The molecule has 0 unspecified atom stereocenters. The molecule has 1 aliphatic heterocycles. The Morgan fingerprint density at radius 3 is 2.33 bits per heavy atom. The number of halogens is 4. The molecule has 1 fully saturated rings. The van der Waals surface area contributed by atoms with Gasteiger partial charge in [-0.25, -0.2) is 9.07 Å². The van der Waals surface area contributed by atoms with Gasteiger partial charge in [-0.2, -0.15) is 23.5 Å². The minimum absolute atomic E-state index is 0.0670. The fourth-order valence-electron chi connectivity index (χ4n) is 4.12. The lowest BCUT2D eigenvalue weighted by Gasteiger charge is -2.36. The lowest BCUT2D eigenvalue weighted by molar-refractivity contribution is -0.137. The number of carbonyl (C=O) groups is 1. The SMILES string of the molecule is Cc1cc(=O)c(C(=O)N2CCN([C@@H](C#N)c3ccc(F)cc3)CC2)nn1-c1cccc(C(F)(F)F)c1. The number of rotatable bonds is 4. The van der Waals surface area contributed by atoms with E-state index in [0.717, 1.165) is 22.9 Å². The minimum Gasteiger partial charge on any atom is -0.335 e. The fraction of sp³-hybridized carbons (Fsp3) is 0.280. The Hall–Kier alpha value is -4.04. The summed E-state index contributed by atoms with van der Waals surface area (Å²) in [4.78, 5) is 29.0. The minimum atomic E-state index is -4.56. The summed E-state index contributed by atoms with van der Waals surface area (Å²) in [6, 6.07) is 12.8. The van der Waals surface area contributed by atoms with Gasteiger partial charge in [0.1, 0.15) is 11.9 Å². The van der Waals surface area contributed by atoms with Crippen LogP contribution >= 0.6 is 0 Å². The van der Waals surface area contributed by atoms with Crippen molar-refractivity contribution in [3.05, 3.63) is 93.2 Å². The van der Waals surface area contributed by atoms with Crippen molar-refractivity contribution in [2.24, 2.45) is 0 Å². The Morgan fingerprint density at radius 1 is 1.06 bits per heavy atom. The Labute approximate surface area is 203 Å². The number of aromatic nitrogens is 2. The number of alkyl halides is 3. The van der Waals surface area contributed by atoms with E-state index in [1.165, 1.54) is 48.2 Å². The van der Waals surface area contributed by atoms with E-state index in [1.807, 2.05) is 4.90 Å². The topological polar surface area (TPSA) is 82.2 Å². The smallest absolute Gasteiger partial charge is 0.335 e. The molecule has 0 radical (unpaired) electrons. The van der Waals surface area contributed by atoms with Gasteiger partial charge in [-0.15, -0.1) is 0 Å². The lowest BCUT2D eigenvalue weighted by Crippen LogP contribution is -2.50. The first-order valence-electron chi connectivity index (χ1n) is 11.1. The third-order valence-corrected chi connectivity index (χ3v) is 6.00. The van der Waals surface area contributed by atoms with E-state index in [0.29, 0.717) is 18.7 Å². The van der Waals surface area contributed by atoms with Crippen molar-refractivity contribution in [2.45, 2.75) is 19.1 Å². The average Bonchev–Trinajstić information content (AvgIpc) is 2.85. The highest BCUT2D eigenvalue weighted by atomic mass is 19.4. The van der Waals surface area contributed by atoms with Crippen LogP contribution in [-0.4, -0.2) is 51.7 Å². The molecule has 7 nitrogen and oxygen atoms in total. The Morgan fingerprint density at radius 2 is 1.72 bits per heavy atom. The normalized spacial score (nSPS) is 15.4. The zero-order valence-corrected chi connectivity index (χ0v) is 19.2. The van der Waals surface area contributed by atoms with E-state index in [1.54, 1.807) is 0 Å². The van der Waals surface area contributed by atoms with E-state index >= 15 is 0 Å². The van der Waals surface area contributed by atoms with E-state index in [4.69, 9.17) is 0 Å². The molecule has 0 bridgehead atoms. The van der Waals surface area contributed by atoms with Gasteiger partial charge in [0.15, 0.2) is 5.69 Å². The molecule has 186 valence electrons. The standard InChI is InChI=1S/C25H21F4N5O2/c1-16-13-22(35)23(31-34(16)20-4-2-3-18(14-20)25(27,28)29)24(36)33-11-9-32(10-12-33)21(15-30)17-5-7-19(26)8-6-17/h2-8,13-14,21H,9-12H2,1H3/t21-/m0/s1. The van der Waals surface area contributed by atoms with Gasteiger partial charge in [0.05, 0.1) is 17.3 Å². The summed E-state index contributed by atoms with van der Waals surface area (Å²) in [5.41, 5.74) is -0.944. The summed E-state index contributed by atoms with van der Waals surface area (Å²) in [6.07, 6.45) is -4.56. The Balaban J connectivity index is 1.54. The first-order valence-corrected chi connectivity index (χ1v) is 11.1. The van der Waals surface area contributed by atoms with Crippen LogP contribution in [0.3, 0.4) is 0 Å². The van der Waals surface area contributed by atoms with Crippen molar-refractivity contribution in [3.63, 3.8) is 0 Å². The maximum atomic E-state index is 13.2. The van der Waals surface area contributed by atoms with Crippen molar-refractivity contribution < 1.29 is 22.4 Å². The van der Waals surface area contributed by atoms with Gasteiger partial charge in [-0.05, 0) is 42.8 Å². The van der Waals surface area contributed by atoms with Gasteiger partial charge in [0.2, 0.25) is 5.43 Å². The molecule has 36 heavy (non-hydrogen) atoms. The second-order valence-corrected chi connectivity index (χ2v) is 8.37. The summed E-state index contributed by atoms with van der Waals surface area (Å²) in [6.45, 7) is 2.58. The molecule has 1 amide bonds. The third-order valence-electron chi connectivity index (χ3n) is 6.00. The van der Waals surface area contributed by atoms with Crippen molar-refractivity contribution >= 4 is 5.91 Å². The molecule has 1 atom stereocenters. The monoisotopic (exact) mass is 499 g/mol. The largest absolute Gasteiger partial charge is 0.416 e. The van der Waals surface area contributed by atoms with Crippen LogP contribution in [0.2, 0.25) is 0 Å². The van der Waals surface area contributed by atoms with E-state index < -0.39 is 40.6 Å². The van der Waals surface area contributed by atoms with Crippen LogP contribution in [0.4, 0.5) is 17.6 Å². The van der Waals surface area contributed by atoms with Crippen molar-refractivity contribution in [3.8, 4) is 11.8 Å². The number of benzene rings is 2. The van der Waals surface area contributed by atoms with Gasteiger partial charge in [0.25, 0.3) is 5.91 Å². The number of aryl methyl sites for hydroxylation is 1. The van der Waals surface area contributed by atoms with Crippen molar-refractivity contribution in [1.29, 1.82) is 5.26 Å². The zero-order valence-electron chi connectivity index (χ0n) is 19.2. The van der Waals surface area contributed by atoms with Crippen LogP contribution in [0.15, 0.2) is 59.4 Å². The molecular weight excluding hydrogens is 478 g/mol. The van der Waals surface area contributed by atoms with E-state index in [-0.39, 0.29) is 24.5 Å². The number of hydrogen-bond acceptors (Lipinski definition) is 5. The molecule has 1 saturated heterocycles. The highest BCUT2D eigenvalue weighted by Gasteiger charge is 2.32. The summed E-state index contributed by atoms with van der Waals surface area (Å²) >= 11 is 0. The second-order valence-electron chi connectivity index (χ2n) is 8.37. The first kappa shape index (κ1) is 25.1. The van der Waals surface area contributed by atoms with Crippen LogP contribution in [0.1, 0.15) is 33.4 Å². The highest BCUT2D eigenvalue weighted by Crippen LogP contribution is 2.30. The second kappa shape index (κ2) is 9.91. The van der Waals surface area contributed by atoms with E-state index in [2.05, 4.69) is 11.2 Å². The average molecular weight is 499 g/mol. The van der Waals surface area contributed by atoms with E-state index in [9.17, 15) is 32.4 Å². The molecule has 1 aliphatic rings. The number of nitriles is 1. The third kappa shape index (κ3) is 5.13. The number of carbonyl (C=O) groups excluding carboxylic acids is 1. The van der Waals surface area contributed by atoms with Crippen LogP contribution in [0.25, 0.3) is 5.69 Å². The van der Waals surface area contributed by atoms with Gasteiger partial charge in [-0.1, -0.05) is 18.2 Å². The van der Waals surface area contributed by atoms with Gasteiger partial charge in [0, 0.05) is 37.9 Å². The molecular formula is C25H21F4N5O2. The summed E-state index contributed by atoms with van der Waals surface area (Å²) in [7, 11) is 0. The predicted molar refractivity (Wildman–Crippen MR) is 122 cm³/mol. The molecule has 2 heterocycles. The predicted octanol–water partition coefficient (Wildman–Crippen LogP) is 3.72. The van der Waals surface area contributed by atoms with Crippen LogP contribution in [0.5, 0.6) is 0 Å². The molecule has 1 aromatic heterocycles. The molecule has 2 aromatic carbocycles. The molecule has 0 aliphatic carbocycles. The fourth-order valence-corrected chi connectivity index (χ4v) is 4.12. The van der Waals surface area contributed by atoms with Gasteiger partial charge >= 0.3 is 6.18 Å². The zero-order chi connectivity index (χ0) is 26.0. The summed E-state index contributed by atoms with van der Waals surface area (Å²) in [5.74, 6) is -1.05. The van der Waals surface area contributed by atoms with Crippen LogP contribution in [0, 0.1) is 24.1 Å². The quantitative estimate of drug-likeness (QED) is 0.511. The number of piperazine rings is 1.